The van der Waals surface area contributed by atoms with Crippen molar-refractivity contribution < 1.29 is 9.90 Å². The van der Waals surface area contributed by atoms with Gasteiger partial charge in [0.15, 0.2) is 0 Å². The van der Waals surface area contributed by atoms with Gasteiger partial charge in [-0.2, -0.15) is 0 Å². The monoisotopic (exact) mass is 273 g/mol. The van der Waals surface area contributed by atoms with Gasteiger partial charge in [-0.25, -0.2) is 0 Å². The predicted octanol–water partition coefficient (Wildman–Crippen LogP) is 2.90. The molecule has 1 saturated heterocycles. The molecule has 3 atom stereocenters. The van der Waals surface area contributed by atoms with Gasteiger partial charge in [0.1, 0.15) is 0 Å². The topological polar surface area (TPSA) is 40.5 Å². The third-order valence-corrected chi connectivity index (χ3v) is 5.11. The van der Waals surface area contributed by atoms with E-state index in [1.54, 1.807) is 6.92 Å². The average molecular weight is 273 g/mol. The summed E-state index contributed by atoms with van der Waals surface area (Å²) in [7, 11) is 0. The molecule has 3 heteroatoms. The second kappa shape index (κ2) is 5.21. The van der Waals surface area contributed by atoms with Crippen molar-refractivity contribution in [2.45, 2.75) is 50.7 Å². The Morgan fingerprint density at radius 2 is 2.00 bits per heavy atom. The first-order chi connectivity index (χ1) is 9.62. The maximum Gasteiger partial charge on any atom is 0.219 e. The molecule has 1 N–H and O–H groups in total. The van der Waals surface area contributed by atoms with Crippen LogP contribution in [0.3, 0.4) is 0 Å². The van der Waals surface area contributed by atoms with Crippen molar-refractivity contribution in [2.24, 2.45) is 5.92 Å². The van der Waals surface area contributed by atoms with E-state index in [1.807, 2.05) is 23.1 Å². The van der Waals surface area contributed by atoms with Crippen LogP contribution in [0.5, 0.6) is 0 Å². The van der Waals surface area contributed by atoms with Crippen molar-refractivity contribution in [1.82, 2.24) is 4.90 Å². The van der Waals surface area contributed by atoms with Crippen molar-refractivity contribution in [2.75, 3.05) is 6.54 Å². The molecular formula is C17H23NO2. The van der Waals surface area contributed by atoms with Gasteiger partial charge in [-0.05, 0) is 24.8 Å². The minimum atomic E-state index is -0.579. The third kappa shape index (κ3) is 2.24. The zero-order valence-corrected chi connectivity index (χ0v) is 12.1. The Hall–Kier alpha value is -1.35. The first kappa shape index (κ1) is 13.6. The number of nitrogens with zero attached hydrogens (tertiary/aromatic N) is 1. The van der Waals surface area contributed by atoms with Crippen LogP contribution >= 0.6 is 0 Å². The summed E-state index contributed by atoms with van der Waals surface area (Å²) < 4.78 is 0. The number of carbonyl (C=O) groups is 1. The molecule has 1 saturated carbocycles. The van der Waals surface area contributed by atoms with Crippen LogP contribution in [-0.4, -0.2) is 28.1 Å². The van der Waals surface area contributed by atoms with E-state index in [-0.39, 0.29) is 17.9 Å². The smallest absolute Gasteiger partial charge is 0.219 e. The molecule has 0 radical (unpaired) electrons. The van der Waals surface area contributed by atoms with E-state index in [0.29, 0.717) is 6.54 Å². The van der Waals surface area contributed by atoms with Gasteiger partial charge in [0.25, 0.3) is 0 Å². The number of rotatable bonds is 1. The molecule has 1 aromatic carbocycles. The Bertz CT molecular complexity index is 487. The Labute approximate surface area is 120 Å². The number of hydrogen-bond donors (Lipinski definition) is 1. The summed E-state index contributed by atoms with van der Waals surface area (Å²) in [5.41, 5.74) is 0.581. The number of hydrogen-bond acceptors (Lipinski definition) is 2. The summed E-state index contributed by atoms with van der Waals surface area (Å²) in [6.07, 6.45) is 4.88. The van der Waals surface area contributed by atoms with Crippen LogP contribution in [0.2, 0.25) is 0 Å². The first-order valence-electron chi connectivity index (χ1n) is 7.66. The van der Waals surface area contributed by atoms with Gasteiger partial charge in [0.05, 0.1) is 11.6 Å². The highest BCUT2D eigenvalue weighted by Gasteiger charge is 2.49. The lowest BCUT2D eigenvalue weighted by molar-refractivity contribution is -0.153. The van der Waals surface area contributed by atoms with Gasteiger partial charge in [0, 0.05) is 19.4 Å². The van der Waals surface area contributed by atoms with Crippen molar-refractivity contribution in [1.29, 1.82) is 0 Å². The first-order valence-corrected chi connectivity index (χ1v) is 7.66. The van der Waals surface area contributed by atoms with Crippen LogP contribution in [0.15, 0.2) is 30.3 Å². The van der Waals surface area contributed by atoms with Crippen LogP contribution in [-0.2, 0) is 4.79 Å². The van der Waals surface area contributed by atoms with Crippen molar-refractivity contribution in [3.63, 3.8) is 0 Å². The molecule has 1 amide bonds. The molecule has 0 spiro atoms. The van der Waals surface area contributed by atoms with Crippen molar-refractivity contribution in [3.05, 3.63) is 35.9 Å². The predicted molar refractivity (Wildman–Crippen MR) is 78.1 cm³/mol. The fourth-order valence-corrected chi connectivity index (χ4v) is 4.10. The third-order valence-electron chi connectivity index (χ3n) is 5.11. The second-order valence-electron chi connectivity index (χ2n) is 6.27. The fraction of sp³-hybridized carbons (Fsp3) is 0.588. The van der Waals surface area contributed by atoms with Crippen LogP contribution in [0.4, 0.5) is 0 Å². The van der Waals surface area contributed by atoms with E-state index >= 15 is 0 Å². The molecule has 0 unspecified atom stereocenters. The second-order valence-corrected chi connectivity index (χ2v) is 6.27. The van der Waals surface area contributed by atoms with E-state index in [0.717, 1.165) is 37.7 Å². The number of amides is 1. The van der Waals surface area contributed by atoms with Gasteiger partial charge < -0.3 is 10.0 Å². The Morgan fingerprint density at radius 1 is 1.25 bits per heavy atom. The highest BCUT2D eigenvalue weighted by atomic mass is 16.3. The Balaban J connectivity index is 2.00. The molecule has 3 rings (SSSR count). The molecule has 0 aromatic heterocycles. The maximum atomic E-state index is 12.0. The lowest BCUT2D eigenvalue weighted by Gasteiger charge is -2.52. The highest BCUT2D eigenvalue weighted by molar-refractivity contribution is 5.74. The number of fused-ring (bicyclic) bond motifs is 1. The molecule has 1 aliphatic carbocycles. The standard InChI is InChI=1S/C17H23NO2/c1-13(19)18-12-11-17(20)10-6-5-9-15(17)16(18)14-7-3-2-4-8-14/h2-4,7-8,15-16,20H,5-6,9-12H2,1H3/t15-,16-,17-/m0/s1. The van der Waals surface area contributed by atoms with Crippen LogP contribution in [0.25, 0.3) is 0 Å². The molecule has 2 aliphatic rings. The minimum Gasteiger partial charge on any atom is -0.389 e. The van der Waals surface area contributed by atoms with E-state index in [4.69, 9.17) is 0 Å². The number of carbonyl (C=O) groups excluding carboxylic acids is 1. The lowest BCUT2D eigenvalue weighted by atomic mass is 9.66. The van der Waals surface area contributed by atoms with Gasteiger partial charge in [-0.3, -0.25) is 4.79 Å². The van der Waals surface area contributed by atoms with E-state index < -0.39 is 5.60 Å². The van der Waals surface area contributed by atoms with Gasteiger partial charge in [-0.15, -0.1) is 0 Å². The van der Waals surface area contributed by atoms with Gasteiger partial charge >= 0.3 is 0 Å². The van der Waals surface area contributed by atoms with E-state index in [1.165, 1.54) is 0 Å². The van der Waals surface area contributed by atoms with E-state index in [9.17, 15) is 9.90 Å². The van der Waals surface area contributed by atoms with Crippen LogP contribution < -0.4 is 0 Å². The van der Waals surface area contributed by atoms with E-state index in [2.05, 4.69) is 12.1 Å². The number of aliphatic hydroxyl groups is 1. The molecule has 3 nitrogen and oxygen atoms in total. The van der Waals surface area contributed by atoms with Gasteiger partial charge in [0.2, 0.25) is 5.91 Å². The van der Waals surface area contributed by atoms with Crippen molar-refractivity contribution in [3.8, 4) is 0 Å². The summed E-state index contributed by atoms with van der Waals surface area (Å²) >= 11 is 0. The number of benzene rings is 1. The number of likely N-dealkylation sites (tertiary alicyclic amines) is 1. The molecule has 0 bridgehead atoms. The molecule has 20 heavy (non-hydrogen) atoms. The lowest BCUT2D eigenvalue weighted by Crippen LogP contribution is -2.55. The summed E-state index contributed by atoms with van der Waals surface area (Å²) in [5, 5.41) is 11.0. The quantitative estimate of drug-likeness (QED) is 0.854. The maximum absolute atomic E-state index is 12.0. The zero-order chi connectivity index (χ0) is 14.2. The minimum absolute atomic E-state index is 0.0350. The normalized spacial score (nSPS) is 33.6. The Morgan fingerprint density at radius 3 is 2.70 bits per heavy atom. The van der Waals surface area contributed by atoms with Gasteiger partial charge in [-0.1, -0.05) is 43.2 Å². The summed E-state index contributed by atoms with van der Waals surface area (Å²) in [4.78, 5) is 14.0. The number of piperidine rings is 1. The molecular weight excluding hydrogens is 250 g/mol. The molecule has 108 valence electrons. The molecule has 2 fully saturated rings. The molecule has 1 aromatic rings. The van der Waals surface area contributed by atoms with Crippen LogP contribution in [0, 0.1) is 5.92 Å². The fourth-order valence-electron chi connectivity index (χ4n) is 4.10. The molecule has 1 aliphatic heterocycles. The van der Waals surface area contributed by atoms with Crippen LogP contribution in [0.1, 0.15) is 50.6 Å². The molecule has 1 heterocycles. The largest absolute Gasteiger partial charge is 0.389 e. The highest BCUT2D eigenvalue weighted by Crippen LogP contribution is 2.49. The van der Waals surface area contributed by atoms with Crippen molar-refractivity contribution >= 4 is 5.91 Å². The summed E-state index contributed by atoms with van der Waals surface area (Å²) in [6.45, 7) is 2.31. The average Bonchev–Trinajstić information content (AvgIpc) is 2.46. The summed E-state index contributed by atoms with van der Waals surface area (Å²) in [5.74, 6) is 0.294. The summed E-state index contributed by atoms with van der Waals surface area (Å²) in [6, 6.07) is 10.2. The zero-order valence-electron chi connectivity index (χ0n) is 12.1. The Kier molecular flexibility index (Phi) is 3.55. The SMILES string of the molecule is CC(=O)N1CC[C@@]2(O)CCCC[C@H]2[C@@H]1c1ccccc1.